The van der Waals surface area contributed by atoms with Gasteiger partial charge in [0.15, 0.2) is 5.15 Å². The van der Waals surface area contributed by atoms with Gasteiger partial charge in [-0.2, -0.15) is 4.98 Å². The number of fused-ring (bicyclic) bond motifs is 1. The van der Waals surface area contributed by atoms with E-state index in [1.54, 1.807) is 0 Å². The smallest absolute Gasteiger partial charge is 0.328 e. The van der Waals surface area contributed by atoms with Crippen molar-refractivity contribution in [3.63, 3.8) is 0 Å². The quantitative estimate of drug-likeness (QED) is 0.725. The summed E-state index contributed by atoms with van der Waals surface area (Å²) in [7, 11) is 2.61. The number of hydrogen-bond donors (Lipinski definition) is 0. The van der Waals surface area contributed by atoms with Gasteiger partial charge in [-0.1, -0.05) is 11.6 Å². The molecule has 2 heterocycles. The normalized spacial score (nSPS) is 17.7. The summed E-state index contributed by atoms with van der Waals surface area (Å²) in [6, 6.07) is -0.642. The lowest BCUT2D eigenvalue weighted by atomic mass is 10.2. The SMILES string of the molecule is COC(=O)C1CCc2c(Cl)nc(OC)c(=O)n21. The van der Waals surface area contributed by atoms with Crippen LogP contribution in [0.1, 0.15) is 18.2 Å². The van der Waals surface area contributed by atoms with E-state index in [0.29, 0.717) is 18.5 Å². The van der Waals surface area contributed by atoms with Gasteiger partial charge in [-0.3, -0.25) is 9.36 Å². The standard InChI is InChI=1S/C10H11ClN2O4/c1-16-8-9(14)13-5(7(11)12-8)3-4-6(13)10(15)17-2/h6H,3-4H2,1-2H3. The van der Waals surface area contributed by atoms with Crippen LogP contribution in [0.25, 0.3) is 0 Å². The minimum absolute atomic E-state index is 0.116. The van der Waals surface area contributed by atoms with Gasteiger partial charge in [0.2, 0.25) is 0 Å². The number of nitrogens with zero attached hydrogens (tertiary/aromatic N) is 2. The van der Waals surface area contributed by atoms with Crippen LogP contribution in [0, 0.1) is 0 Å². The molecule has 0 saturated carbocycles. The molecule has 7 heteroatoms. The van der Waals surface area contributed by atoms with Crippen molar-refractivity contribution in [3.05, 3.63) is 21.2 Å². The predicted molar refractivity (Wildman–Crippen MR) is 59.4 cm³/mol. The largest absolute Gasteiger partial charge is 0.477 e. The summed E-state index contributed by atoms with van der Waals surface area (Å²) in [5, 5.41) is 0.188. The molecule has 1 atom stereocenters. The van der Waals surface area contributed by atoms with E-state index >= 15 is 0 Å². The fraction of sp³-hybridized carbons (Fsp3) is 0.500. The number of methoxy groups -OCH3 is 2. The molecule has 0 fully saturated rings. The zero-order valence-electron chi connectivity index (χ0n) is 9.40. The summed E-state index contributed by atoms with van der Waals surface area (Å²) in [6.07, 6.45) is 1.00. The first-order valence-corrected chi connectivity index (χ1v) is 5.40. The highest BCUT2D eigenvalue weighted by Gasteiger charge is 2.33. The molecule has 0 bridgehead atoms. The first-order chi connectivity index (χ1) is 8.10. The average molecular weight is 259 g/mol. The number of hydrogen-bond acceptors (Lipinski definition) is 5. The van der Waals surface area contributed by atoms with E-state index < -0.39 is 17.6 Å². The van der Waals surface area contributed by atoms with E-state index in [1.165, 1.54) is 18.8 Å². The van der Waals surface area contributed by atoms with Gasteiger partial charge in [0.1, 0.15) is 6.04 Å². The van der Waals surface area contributed by atoms with E-state index in [2.05, 4.69) is 9.72 Å². The van der Waals surface area contributed by atoms with E-state index in [9.17, 15) is 9.59 Å². The molecule has 0 N–H and O–H groups in total. The maximum atomic E-state index is 12.0. The Bertz CT molecular complexity index is 526. The van der Waals surface area contributed by atoms with Crippen molar-refractivity contribution in [2.75, 3.05) is 14.2 Å². The zero-order chi connectivity index (χ0) is 12.6. The maximum absolute atomic E-state index is 12.0. The number of aromatic nitrogens is 2. The molecule has 1 unspecified atom stereocenters. The Hall–Kier alpha value is -1.56. The van der Waals surface area contributed by atoms with Crippen LogP contribution >= 0.6 is 11.6 Å². The summed E-state index contributed by atoms with van der Waals surface area (Å²) in [5.41, 5.74) is 0.0904. The van der Waals surface area contributed by atoms with Crippen LogP contribution in [0.5, 0.6) is 5.88 Å². The van der Waals surface area contributed by atoms with Crippen molar-refractivity contribution in [2.45, 2.75) is 18.9 Å². The third-order valence-electron chi connectivity index (χ3n) is 2.76. The lowest BCUT2D eigenvalue weighted by Crippen LogP contribution is -2.30. The summed E-state index contributed by atoms with van der Waals surface area (Å²) in [6.45, 7) is 0. The van der Waals surface area contributed by atoms with Gasteiger partial charge >= 0.3 is 11.5 Å². The topological polar surface area (TPSA) is 70.4 Å². The second-order valence-corrected chi connectivity index (χ2v) is 3.97. The van der Waals surface area contributed by atoms with Gasteiger partial charge < -0.3 is 9.47 Å². The highest BCUT2D eigenvalue weighted by molar-refractivity contribution is 6.30. The molecule has 17 heavy (non-hydrogen) atoms. The highest BCUT2D eigenvalue weighted by atomic mass is 35.5. The van der Waals surface area contributed by atoms with Crippen molar-refractivity contribution in [3.8, 4) is 5.88 Å². The Kier molecular flexibility index (Phi) is 3.06. The molecular weight excluding hydrogens is 248 g/mol. The van der Waals surface area contributed by atoms with Gasteiger partial charge in [0.05, 0.1) is 19.9 Å². The molecule has 1 aliphatic heterocycles. The van der Waals surface area contributed by atoms with Crippen molar-refractivity contribution in [2.24, 2.45) is 0 Å². The Balaban J connectivity index is 2.61. The number of halogens is 1. The fourth-order valence-corrected chi connectivity index (χ4v) is 2.24. The minimum atomic E-state index is -0.642. The monoisotopic (exact) mass is 258 g/mol. The number of carbonyl (C=O) groups excluding carboxylic acids is 1. The van der Waals surface area contributed by atoms with Crippen LogP contribution in [-0.2, 0) is 16.0 Å². The minimum Gasteiger partial charge on any atom is -0.477 e. The number of rotatable bonds is 2. The van der Waals surface area contributed by atoms with Crippen LogP contribution in [-0.4, -0.2) is 29.7 Å². The average Bonchev–Trinajstić information content (AvgIpc) is 2.78. The van der Waals surface area contributed by atoms with Gasteiger partial charge in [0, 0.05) is 0 Å². The van der Waals surface area contributed by atoms with Gasteiger partial charge in [-0.05, 0) is 12.8 Å². The Morgan fingerprint density at radius 3 is 2.82 bits per heavy atom. The van der Waals surface area contributed by atoms with Crippen LogP contribution in [0.4, 0.5) is 0 Å². The molecule has 0 amide bonds. The molecular formula is C10H11ClN2O4. The number of esters is 1. The predicted octanol–water partition coefficient (Wildman–Crippen LogP) is 0.566. The molecule has 0 radical (unpaired) electrons. The summed E-state index contributed by atoms with van der Waals surface area (Å²) in [4.78, 5) is 27.4. The van der Waals surface area contributed by atoms with E-state index in [1.807, 2.05) is 0 Å². The summed E-state index contributed by atoms with van der Waals surface area (Å²) < 4.78 is 10.8. The molecule has 0 aliphatic carbocycles. The third kappa shape index (κ3) is 1.78. The van der Waals surface area contributed by atoms with Crippen LogP contribution in [0.3, 0.4) is 0 Å². The van der Waals surface area contributed by atoms with Gasteiger partial charge in [-0.15, -0.1) is 0 Å². The zero-order valence-corrected chi connectivity index (χ0v) is 10.2. The first-order valence-electron chi connectivity index (χ1n) is 5.03. The molecule has 92 valence electrons. The first kappa shape index (κ1) is 11.9. The Morgan fingerprint density at radius 1 is 1.53 bits per heavy atom. The summed E-state index contributed by atoms with van der Waals surface area (Å²) >= 11 is 5.94. The van der Waals surface area contributed by atoms with Gasteiger partial charge in [0.25, 0.3) is 5.88 Å². The van der Waals surface area contributed by atoms with Crippen molar-refractivity contribution in [1.82, 2.24) is 9.55 Å². The molecule has 1 aromatic rings. The molecule has 0 aromatic carbocycles. The second kappa shape index (κ2) is 4.37. The van der Waals surface area contributed by atoms with E-state index in [-0.39, 0.29) is 11.0 Å². The lowest BCUT2D eigenvalue weighted by molar-refractivity contribution is -0.144. The lowest BCUT2D eigenvalue weighted by Gasteiger charge is -2.13. The van der Waals surface area contributed by atoms with Crippen molar-refractivity contribution >= 4 is 17.6 Å². The molecule has 0 saturated heterocycles. The van der Waals surface area contributed by atoms with E-state index in [0.717, 1.165) is 0 Å². The maximum Gasteiger partial charge on any atom is 0.328 e. The molecule has 1 aromatic heterocycles. The van der Waals surface area contributed by atoms with Crippen molar-refractivity contribution < 1.29 is 14.3 Å². The number of ether oxygens (including phenoxy) is 2. The second-order valence-electron chi connectivity index (χ2n) is 3.61. The third-order valence-corrected chi connectivity index (χ3v) is 3.07. The summed E-state index contributed by atoms with van der Waals surface area (Å²) in [5.74, 6) is -0.579. The van der Waals surface area contributed by atoms with E-state index in [4.69, 9.17) is 16.3 Å². The molecule has 1 aliphatic rings. The van der Waals surface area contributed by atoms with Gasteiger partial charge in [-0.25, -0.2) is 4.79 Å². The fourth-order valence-electron chi connectivity index (χ4n) is 1.97. The number of carbonyl (C=O) groups is 1. The Morgan fingerprint density at radius 2 is 2.24 bits per heavy atom. The van der Waals surface area contributed by atoms with Crippen molar-refractivity contribution in [1.29, 1.82) is 0 Å². The Labute approximate surface area is 102 Å². The molecule has 2 rings (SSSR count). The molecule has 6 nitrogen and oxygen atoms in total. The van der Waals surface area contributed by atoms with Crippen LogP contribution in [0.2, 0.25) is 5.15 Å². The molecule has 0 spiro atoms. The van der Waals surface area contributed by atoms with Crippen LogP contribution in [0.15, 0.2) is 4.79 Å². The highest BCUT2D eigenvalue weighted by Crippen LogP contribution is 2.29. The van der Waals surface area contributed by atoms with Crippen LogP contribution < -0.4 is 10.3 Å².